The Balaban J connectivity index is 4.16. The Morgan fingerprint density at radius 2 is 1.88 bits per heavy atom. The molecule has 2 N–H and O–H groups in total. The number of hydrogen-bond donors (Lipinski definition) is 2. The first kappa shape index (κ1) is 16.9. The second-order valence-electron chi connectivity index (χ2n) is 6.17. The molecule has 0 aliphatic rings. The van der Waals surface area contributed by atoms with E-state index < -0.39 is 0 Å². The lowest BCUT2D eigenvalue weighted by atomic mass is 9.84. The normalized spacial score (nSPS) is 16.2. The van der Waals surface area contributed by atoms with Crippen molar-refractivity contribution in [2.75, 3.05) is 26.7 Å². The van der Waals surface area contributed by atoms with Crippen LogP contribution in [0, 0.1) is 5.41 Å². The summed E-state index contributed by atoms with van der Waals surface area (Å²) in [6, 6.07) is 0.789. The summed E-state index contributed by atoms with van der Waals surface area (Å²) < 4.78 is 0. The summed E-state index contributed by atoms with van der Waals surface area (Å²) in [6.07, 6.45) is 2.31. The fraction of sp³-hybridized carbons (Fsp3) is 1.00. The second kappa shape index (κ2) is 8.06. The highest BCUT2D eigenvalue weighted by molar-refractivity contribution is 4.81. The van der Waals surface area contributed by atoms with Gasteiger partial charge in [0.05, 0.1) is 6.61 Å². The first-order valence-corrected chi connectivity index (χ1v) is 6.87. The molecule has 0 heterocycles. The molecule has 0 spiro atoms. The van der Waals surface area contributed by atoms with E-state index in [1.807, 2.05) is 0 Å². The van der Waals surface area contributed by atoms with E-state index in [-0.39, 0.29) is 12.6 Å². The minimum atomic E-state index is 0.235. The highest BCUT2D eigenvalue weighted by Crippen LogP contribution is 2.22. The van der Waals surface area contributed by atoms with Crippen LogP contribution in [0.4, 0.5) is 0 Å². The minimum absolute atomic E-state index is 0.235. The van der Waals surface area contributed by atoms with Crippen molar-refractivity contribution in [2.24, 2.45) is 5.41 Å². The molecular weight excluding hydrogens is 212 g/mol. The molecule has 3 nitrogen and oxygen atoms in total. The van der Waals surface area contributed by atoms with E-state index >= 15 is 0 Å². The van der Waals surface area contributed by atoms with Gasteiger partial charge >= 0.3 is 0 Å². The van der Waals surface area contributed by atoms with Crippen LogP contribution in [0.1, 0.15) is 47.5 Å². The van der Waals surface area contributed by atoms with E-state index in [2.05, 4.69) is 51.9 Å². The van der Waals surface area contributed by atoms with Crippen LogP contribution >= 0.6 is 0 Å². The topological polar surface area (TPSA) is 35.5 Å². The van der Waals surface area contributed by atoms with Gasteiger partial charge in [0.15, 0.2) is 0 Å². The molecule has 0 fully saturated rings. The molecule has 3 heteroatoms. The van der Waals surface area contributed by atoms with Gasteiger partial charge in [0.25, 0.3) is 0 Å². The Labute approximate surface area is 108 Å². The van der Waals surface area contributed by atoms with Crippen LogP contribution in [-0.2, 0) is 0 Å². The average Bonchev–Trinajstić information content (AvgIpc) is 2.25. The minimum Gasteiger partial charge on any atom is -0.395 e. The van der Waals surface area contributed by atoms with Crippen molar-refractivity contribution in [1.29, 1.82) is 0 Å². The third kappa shape index (κ3) is 7.02. The highest BCUT2D eigenvalue weighted by atomic mass is 16.3. The molecule has 0 aliphatic carbocycles. The third-order valence-corrected chi connectivity index (χ3v) is 3.47. The molecule has 0 radical (unpaired) electrons. The molecule has 17 heavy (non-hydrogen) atoms. The van der Waals surface area contributed by atoms with E-state index in [0.29, 0.717) is 11.5 Å². The Morgan fingerprint density at radius 1 is 1.29 bits per heavy atom. The molecule has 0 aromatic carbocycles. The van der Waals surface area contributed by atoms with Crippen LogP contribution < -0.4 is 5.32 Å². The van der Waals surface area contributed by atoms with Gasteiger partial charge in [0, 0.05) is 12.1 Å². The first-order chi connectivity index (χ1) is 7.82. The Bertz CT molecular complexity index is 189. The first-order valence-electron chi connectivity index (χ1n) is 6.87. The Hall–Kier alpha value is -0.120. The molecule has 2 unspecified atom stereocenters. The molecule has 0 saturated heterocycles. The number of aliphatic hydroxyl groups is 1. The predicted molar refractivity (Wildman–Crippen MR) is 75.3 cm³/mol. The molecule has 0 bridgehead atoms. The van der Waals surface area contributed by atoms with Gasteiger partial charge in [-0.1, -0.05) is 27.7 Å². The van der Waals surface area contributed by atoms with E-state index in [9.17, 15) is 0 Å². The van der Waals surface area contributed by atoms with Crippen LogP contribution in [0.5, 0.6) is 0 Å². The molecular formula is C14H32N2O. The maximum Gasteiger partial charge on any atom is 0.0584 e. The Kier molecular flexibility index (Phi) is 8.01. The van der Waals surface area contributed by atoms with Gasteiger partial charge in [0.1, 0.15) is 0 Å². The van der Waals surface area contributed by atoms with Gasteiger partial charge in [-0.05, 0) is 45.3 Å². The fourth-order valence-corrected chi connectivity index (χ4v) is 1.85. The zero-order chi connectivity index (χ0) is 13.5. The number of hydrogen-bond acceptors (Lipinski definition) is 3. The average molecular weight is 244 g/mol. The predicted octanol–water partition coefficient (Wildman–Crippen LogP) is 2.10. The van der Waals surface area contributed by atoms with Crippen LogP contribution in [0.15, 0.2) is 0 Å². The maximum absolute atomic E-state index is 9.11. The lowest BCUT2D eigenvalue weighted by Gasteiger charge is -2.34. The third-order valence-electron chi connectivity index (χ3n) is 3.47. The lowest BCUT2D eigenvalue weighted by molar-refractivity contribution is 0.143. The van der Waals surface area contributed by atoms with Crippen molar-refractivity contribution in [3.05, 3.63) is 0 Å². The molecule has 0 rings (SSSR count). The van der Waals surface area contributed by atoms with Gasteiger partial charge < -0.3 is 15.3 Å². The summed E-state index contributed by atoms with van der Waals surface area (Å²) in [5.74, 6) is 0. The van der Waals surface area contributed by atoms with Crippen LogP contribution in [-0.4, -0.2) is 48.8 Å². The summed E-state index contributed by atoms with van der Waals surface area (Å²) in [7, 11) is 2.08. The SMILES string of the molecule is CCCNC(CCN(C)C(C)CO)C(C)(C)C. The number of nitrogens with one attached hydrogen (secondary N) is 1. The van der Waals surface area contributed by atoms with E-state index in [0.717, 1.165) is 19.5 Å². The fourth-order valence-electron chi connectivity index (χ4n) is 1.85. The van der Waals surface area contributed by atoms with Crippen LogP contribution in [0.3, 0.4) is 0 Å². The van der Waals surface area contributed by atoms with Gasteiger partial charge in [-0.25, -0.2) is 0 Å². The molecule has 0 aromatic heterocycles. The zero-order valence-corrected chi connectivity index (χ0v) is 12.6. The van der Waals surface area contributed by atoms with E-state index in [4.69, 9.17) is 5.11 Å². The molecule has 2 atom stereocenters. The lowest BCUT2D eigenvalue weighted by Crippen LogP contribution is -2.44. The van der Waals surface area contributed by atoms with Gasteiger partial charge in [-0.15, -0.1) is 0 Å². The smallest absolute Gasteiger partial charge is 0.0584 e. The van der Waals surface area contributed by atoms with Crippen molar-refractivity contribution in [2.45, 2.75) is 59.5 Å². The number of rotatable bonds is 8. The number of likely N-dealkylation sites (N-methyl/N-ethyl adjacent to an activating group) is 1. The summed E-state index contributed by atoms with van der Waals surface area (Å²) >= 11 is 0. The van der Waals surface area contributed by atoms with Crippen molar-refractivity contribution >= 4 is 0 Å². The van der Waals surface area contributed by atoms with E-state index in [1.165, 1.54) is 6.42 Å². The Morgan fingerprint density at radius 3 is 2.29 bits per heavy atom. The largest absolute Gasteiger partial charge is 0.395 e. The molecule has 104 valence electrons. The summed E-state index contributed by atoms with van der Waals surface area (Å²) in [6.45, 7) is 13.5. The summed E-state index contributed by atoms with van der Waals surface area (Å²) in [4.78, 5) is 2.23. The van der Waals surface area contributed by atoms with E-state index in [1.54, 1.807) is 0 Å². The molecule has 0 amide bonds. The second-order valence-corrected chi connectivity index (χ2v) is 6.17. The number of nitrogens with zero attached hydrogens (tertiary/aromatic N) is 1. The highest BCUT2D eigenvalue weighted by Gasteiger charge is 2.24. The molecule has 0 aliphatic heterocycles. The molecule has 0 saturated carbocycles. The van der Waals surface area contributed by atoms with Crippen molar-refractivity contribution < 1.29 is 5.11 Å². The van der Waals surface area contributed by atoms with Crippen molar-refractivity contribution in [1.82, 2.24) is 10.2 Å². The van der Waals surface area contributed by atoms with Crippen LogP contribution in [0.25, 0.3) is 0 Å². The maximum atomic E-state index is 9.11. The zero-order valence-electron chi connectivity index (χ0n) is 12.6. The van der Waals surface area contributed by atoms with Crippen molar-refractivity contribution in [3.8, 4) is 0 Å². The standard InChI is InChI=1S/C14H32N2O/c1-7-9-15-13(14(3,4)5)8-10-16(6)12(2)11-17/h12-13,15,17H,7-11H2,1-6H3. The van der Waals surface area contributed by atoms with Crippen LogP contribution in [0.2, 0.25) is 0 Å². The quantitative estimate of drug-likeness (QED) is 0.686. The van der Waals surface area contributed by atoms with Gasteiger partial charge in [0.2, 0.25) is 0 Å². The summed E-state index contributed by atoms with van der Waals surface area (Å²) in [5.41, 5.74) is 0.290. The molecule has 0 aromatic rings. The number of aliphatic hydroxyl groups excluding tert-OH is 1. The van der Waals surface area contributed by atoms with Gasteiger partial charge in [-0.3, -0.25) is 0 Å². The van der Waals surface area contributed by atoms with Gasteiger partial charge in [-0.2, -0.15) is 0 Å². The van der Waals surface area contributed by atoms with Crippen molar-refractivity contribution in [3.63, 3.8) is 0 Å². The monoisotopic (exact) mass is 244 g/mol. The summed E-state index contributed by atoms with van der Waals surface area (Å²) in [5, 5.41) is 12.7.